The Kier molecular flexibility index (Phi) is 4.06. The van der Waals surface area contributed by atoms with Crippen LogP contribution >= 0.6 is 0 Å². The van der Waals surface area contributed by atoms with E-state index in [-0.39, 0.29) is 0 Å². The van der Waals surface area contributed by atoms with Gasteiger partial charge in [0.15, 0.2) is 0 Å². The summed E-state index contributed by atoms with van der Waals surface area (Å²) >= 11 is 0. The second-order valence-corrected chi connectivity index (χ2v) is 6.52. The summed E-state index contributed by atoms with van der Waals surface area (Å²) < 4.78 is 1.75. The first-order chi connectivity index (χ1) is 13.9. The van der Waals surface area contributed by atoms with E-state index in [1.54, 1.807) is 17.3 Å². The van der Waals surface area contributed by atoms with Crippen molar-refractivity contribution in [2.45, 2.75) is 0 Å². The standard InChI is InChI=1S/C22H18N6/c1-2-18(20-7-11-22(12-8-20)28-16-24-14-26-28)4-3-17(1)19-5-9-21(10-6-19)27-15-23-13-25-27/h1-15H,16H2,(H,24,26). The second kappa shape index (κ2) is 7.00. The van der Waals surface area contributed by atoms with E-state index in [0.717, 1.165) is 11.4 Å². The number of benzene rings is 3. The molecule has 28 heavy (non-hydrogen) atoms. The van der Waals surface area contributed by atoms with E-state index in [9.17, 15) is 0 Å². The van der Waals surface area contributed by atoms with Crippen LogP contribution < -0.4 is 10.3 Å². The molecule has 6 heteroatoms. The molecule has 0 amide bonds. The van der Waals surface area contributed by atoms with Gasteiger partial charge in [-0.05, 0) is 46.5 Å². The molecule has 0 radical (unpaired) electrons. The Labute approximate surface area is 162 Å². The van der Waals surface area contributed by atoms with Crippen LogP contribution in [0.3, 0.4) is 0 Å². The van der Waals surface area contributed by atoms with Crippen molar-refractivity contribution in [3.8, 4) is 27.9 Å². The quantitative estimate of drug-likeness (QED) is 0.595. The summed E-state index contributed by atoms with van der Waals surface area (Å²) in [6.45, 7) is 0.712. The van der Waals surface area contributed by atoms with Gasteiger partial charge in [0.25, 0.3) is 0 Å². The first-order valence-corrected chi connectivity index (χ1v) is 9.06. The number of hydrogen-bond acceptors (Lipinski definition) is 5. The minimum atomic E-state index is 0.712. The van der Waals surface area contributed by atoms with Gasteiger partial charge in [0, 0.05) is 0 Å². The largest absolute Gasteiger partial charge is 0.356 e. The molecule has 4 aromatic rings. The highest BCUT2D eigenvalue weighted by molar-refractivity contribution is 5.72. The Morgan fingerprint density at radius 3 is 1.68 bits per heavy atom. The molecule has 136 valence electrons. The molecule has 1 N–H and O–H groups in total. The van der Waals surface area contributed by atoms with Crippen molar-refractivity contribution in [3.63, 3.8) is 0 Å². The summed E-state index contributed by atoms with van der Waals surface area (Å²) in [6.07, 6.45) is 4.95. The average Bonchev–Trinajstić information content (AvgIpc) is 3.49. The number of anilines is 1. The first-order valence-electron chi connectivity index (χ1n) is 9.06. The van der Waals surface area contributed by atoms with Gasteiger partial charge in [-0.2, -0.15) is 10.2 Å². The molecule has 0 saturated carbocycles. The normalized spacial score (nSPS) is 12.9. The molecule has 6 nitrogen and oxygen atoms in total. The van der Waals surface area contributed by atoms with Crippen molar-refractivity contribution in [2.75, 3.05) is 11.7 Å². The maximum Gasteiger partial charge on any atom is 0.138 e. The average molecular weight is 366 g/mol. The number of hydrazone groups is 1. The summed E-state index contributed by atoms with van der Waals surface area (Å²) in [7, 11) is 0. The summed E-state index contributed by atoms with van der Waals surface area (Å²) in [5.41, 5.74) is 6.81. The zero-order chi connectivity index (χ0) is 18.8. The van der Waals surface area contributed by atoms with Crippen LogP contribution in [0.1, 0.15) is 0 Å². The SMILES string of the molecule is C1=NN(c2ccc(-c3ccc(-c4ccc(-n5cncn5)cc4)cc3)cc2)CN1. The molecule has 1 aromatic heterocycles. The predicted octanol–water partition coefficient (Wildman–Crippen LogP) is 3.91. The molecule has 0 spiro atoms. The van der Waals surface area contributed by atoms with Crippen molar-refractivity contribution in [2.24, 2.45) is 5.10 Å². The van der Waals surface area contributed by atoms with Crippen LogP contribution in [0.5, 0.6) is 0 Å². The molecule has 0 atom stereocenters. The fourth-order valence-electron chi connectivity index (χ4n) is 3.27. The van der Waals surface area contributed by atoms with Crippen LogP contribution in [0.25, 0.3) is 27.9 Å². The van der Waals surface area contributed by atoms with Crippen molar-refractivity contribution < 1.29 is 0 Å². The lowest BCUT2D eigenvalue weighted by molar-refractivity contribution is 0.871. The van der Waals surface area contributed by atoms with Gasteiger partial charge in [-0.15, -0.1) is 0 Å². The van der Waals surface area contributed by atoms with Gasteiger partial charge in [-0.1, -0.05) is 48.5 Å². The minimum Gasteiger partial charge on any atom is -0.356 e. The summed E-state index contributed by atoms with van der Waals surface area (Å²) in [6, 6.07) is 25.4. The third-order valence-electron chi connectivity index (χ3n) is 4.80. The molecule has 1 aliphatic heterocycles. The summed E-state index contributed by atoms with van der Waals surface area (Å²) in [4.78, 5) is 3.98. The number of aromatic nitrogens is 3. The van der Waals surface area contributed by atoms with E-state index in [4.69, 9.17) is 0 Å². The van der Waals surface area contributed by atoms with Crippen LogP contribution in [0.4, 0.5) is 5.69 Å². The number of nitrogens with zero attached hydrogens (tertiary/aromatic N) is 5. The van der Waals surface area contributed by atoms with E-state index in [0.29, 0.717) is 6.67 Å². The number of nitrogens with one attached hydrogen (secondary N) is 1. The topological polar surface area (TPSA) is 58.3 Å². The van der Waals surface area contributed by atoms with Gasteiger partial charge in [-0.25, -0.2) is 14.7 Å². The maximum atomic E-state index is 4.26. The summed E-state index contributed by atoms with van der Waals surface area (Å²) in [5.74, 6) is 0. The lowest BCUT2D eigenvalue weighted by Crippen LogP contribution is -2.19. The monoisotopic (exact) mass is 366 g/mol. The van der Waals surface area contributed by atoms with Gasteiger partial charge >= 0.3 is 0 Å². The van der Waals surface area contributed by atoms with Crippen LogP contribution in [0, 0.1) is 0 Å². The Balaban J connectivity index is 1.34. The Morgan fingerprint density at radius 2 is 1.21 bits per heavy atom. The van der Waals surface area contributed by atoms with E-state index in [1.807, 2.05) is 17.1 Å². The van der Waals surface area contributed by atoms with Crippen LogP contribution in [0.15, 0.2) is 90.6 Å². The molecule has 5 rings (SSSR count). The molecule has 0 aliphatic carbocycles. The van der Waals surface area contributed by atoms with E-state index < -0.39 is 0 Å². The molecule has 2 heterocycles. The highest BCUT2D eigenvalue weighted by Crippen LogP contribution is 2.27. The highest BCUT2D eigenvalue weighted by atomic mass is 15.5. The fourth-order valence-corrected chi connectivity index (χ4v) is 3.27. The van der Waals surface area contributed by atoms with E-state index >= 15 is 0 Å². The number of rotatable bonds is 4. The summed E-state index contributed by atoms with van der Waals surface area (Å²) in [5, 5.41) is 13.4. The molecule has 0 unspecified atom stereocenters. The molecule has 0 saturated heterocycles. The third kappa shape index (κ3) is 3.12. The molecule has 1 aliphatic rings. The molecular weight excluding hydrogens is 348 g/mol. The van der Waals surface area contributed by atoms with Crippen molar-refractivity contribution >= 4 is 12.0 Å². The smallest absolute Gasteiger partial charge is 0.138 e. The van der Waals surface area contributed by atoms with E-state index in [2.05, 4.69) is 81.2 Å². The van der Waals surface area contributed by atoms with Crippen molar-refractivity contribution in [3.05, 3.63) is 85.5 Å². The molecule has 0 fully saturated rings. The van der Waals surface area contributed by atoms with Crippen molar-refractivity contribution in [1.29, 1.82) is 0 Å². The van der Waals surface area contributed by atoms with Crippen LogP contribution in [-0.4, -0.2) is 27.8 Å². The van der Waals surface area contributed by atoms with Crippen LogP contribution in [-0.2, 0) is 0 Å². The van der Waals surface area contributed by atoms with Crippen LogP contribution in [0.2, 0.25) is 0 Å². The van der Waals surface area contributed by atoms with Gasteiger partial charge in [0.1, 0.15) is 25.7 Å². The fraction of sp³-hybridized carbons (Fsp3) is 0.0455. The number of hydrogen-bond donors (Lipinski definition) is 1. The van der Waals surface area contributed by atoms with Gasteiger partial charge in [-0.3, -0.25) is 0 Å². The Hall–Kier alpha value is -3.93. The zero-order valence-electron chi connectivity index (χ0n) is 15.1. The molecule has 0 bridgehead atoms. The minimum absolute atomic E-state index is 0.712. The lowest BCUT2D eigenvalue weighted by Gasteiger charge is -2.13. The lowest BCUT2D eigenvalue weighted by atomic mass is 10.00. The molecule has 3 aromatic carbocycles. The second-order valence-electron chi connectivity index (χ2n) is 6.52. The van der Waals surface area contributed by atoms with Gasteiger partial charge in [0.05, 0.1) is 11.4 Å². The maximum absolute atomic E-state index is 4.26. The highest BCUT2D eigenvalue weighted by Gasteiger charge is 2.08. The Morgan fingerprint density at radius 1 is 0.679 bits per heavy atom. The Bertz CT molecular complexity index is 1080. The van der Waals surface area contributed by atoms with Crippen molar-refractivity contribution in [1.82, 2.24) is 20.1 Å². The van der Waals surface area contributed by atoms with Gasteiger partial charge < -0.3 is 5.32 Å². The zero-order valence-corrected chi connectivity index (χ0v) is 15.1. The molecular formula is C22H18N6. The predicted molar refractivity (Wildman–Crippen MR) is 111 cm³/mol. The third-order valence-corrected chi connectivity index (χ3v) is 4.80. The van der Waals surface area contributed by atoms with E-state index in [1.165, 1.54) is 28.6 Å². The van der Waals surface area contributed by atoms with Gasteiger partial charge in [0.2, 0.25) is 0 Å². The first kappa shape index (κ1) is 16.3.